The van der Waals surface area contributed by atoms with Gasteiger partial charge >= 0.3 is 0 Å². The molecule has 0 aromatic heterocycles. The zero-order chi connectivity index (χ0) is 21.2. The summed E-state index contributed by atoms with van der Waals surface area (Å²) in [6.07, 6.45) is 1.99. The van der Waals surface area contributed by atoms with Crippen LogP contribution in [0.1, 0.15) is 17.3 Å². The van der Waals surface area contributed by atoms with Gasteiger partial charge in [0, 0.05) is 36.3 Å². The summed E-state index contributed by atoms with van der Waals surface area (Å²) in [6, 6.07) is 14.0. The van der Waals surface area contributed by atoms with Crippen molar-refractivity contribution in [2.75, 3.05) is 26.9 Å². The SMILES string of the molecule is CSc1ccc(C(=O)N2CC(C)SC2=Nc2cccc(S(=O)(=O)N(C)C)c2)cc1. The van der Waals surface area contributed by atoms with E-state index in [4.69, 9.17) is 0 Å². The summed E-state index contributed by atoms with van der Waals surface area (Å²) in [5.74, 6) is -0.106. The fraction of sp³-hybridized carbons (Fsp3) is 0.300. The van der Waals surface area contributed by atoms with Gasteiger partial charge in [-0.3, -0.25) is 9.69 Å². The molecule has 1 heterocycles. The van der Waals surface area contributed by atoms with Gasteiger partial charge in [-0.2, -0.15) is 0 Å². The van der Waals surface area contributed by atoms with Crippen molar-refractivity contribution in [3.8, 4) is 0 Å². The Labute approximate surface area is 180 Å². The Hall–Kier alpha value is -1.81. The van der Waals surface area contributed by atoms with Gasteiger partial charge in [0.2, 0.25) is 10.0 Å². The molecule has 1 fully saturated rings. The number of aliphatic imine (C=N–C) groups is 1. The Kier molecular flexibility index (Phi) is 6.72. The van der Waals surface area contributed by atoms with E-state index in [0.717, 1.165) is 4.90 Å². The standard InChI is InChI=1S/C20H23N3O3S3/c1-14-13-23(19(24)15-8-10-17(27-4)11-9-15)20(28-14)21-16-6-5-7-18(12-16)29(25,26)22(2)3/h5-12,14H,13H2,1-4H3. The summed E-state index contributed by atoms with van der Waals surface area (Å²) >= 11 is 3.13. The number of rotatable bonds is 5. The van der Waals surface area contributed by atoms with Gasteiger partial charge in [0.15, 0.2) is 5.17 Å². The summed E-state index contributed by atoms with van der Waals surface area (Å²) in [7, 11) is -0.566. The highest BCUT2D eigenvalue weighted by molar-refractivity contribution is 8.14. The average molecular weight is 450 g/mol. The van der Waals surface area contributed by atoms with Gasteiger partial charge in [-0.1, -0.05) is 24.8 Å². The normalized spacial score (nSPS) is 18.6. The molecule has 1 atom stereocenters. The first-order valence-electron chi connectivity index (χ1n) is 8.96. The van der Waals surface area contributed by atoms with Crippen LogP contribution in [-0.2, 0) is 10.0 Å². The molecule has 9 heteroatoms. The van der Waals surface area contributed by atoms with Crippen LogP contribution in [0, 0.1) is 0 Å². The van der Waals surface area contributed by atoms with Crippen molar-refractivity contribution in [1.29, 1.82) is 0 Å². The largest absolute Gasteiger partial charge is 0.286 e. The summed E-state index contributed by atoms with van der Waals surface area (Å²) in [6.45, 7) is 2.60. The van der Waals surface area contributed by atoms with Gasteiger partial charge < -0.3 is 0 Å². The summed E-state index contributed by atoms with van der Waals surface area (Å²) < 4.78 is 25.9. The number of benzene rings is 2. The molecule has 0 N–H and O–H groups in total. The third kappa shape index (κ3) is 4.85. The lowest BCUT2D eigenvalue weighted by Gasteiger charge is -2.16. The number of amidine groups is 1. The van der Waals surface area contributed by atoms with E-state index in [1.807, 2.05) is 37.4 Å². The molecule has 3 rings (SSSR count). The molecule has 29 heavy (non-hydrogen) atoms. The Morgan fingerprint density at radius 2 is 1.90 bits per heavy atom. The van der Waals surface area contributed by atoms with Gasteiger partial charge in [0.25, 0.3) is 5.91 Å². The predicted molar refractivity (Wildman–Crippen MR) is 121 cm³/mol. The van der Waals surface area contributed by atoms with E-state index >= 15 is 0 Å². The fourth-order valence-electron chi connectivity index (χ4n) is 2.80. The first kappa shape index (κ1) is 21.9. The lowest BCUT2D eigenvalue weighted by Crippen LogP contribution is -2.32. The Morgan fingerprint density at radius 1 is 1.21 bits per heavy atom. The summed E-state index contributed by atoms with van der Waals surface area (Å²) in [5.41, 5.74) is 1.11. The zero-order valence-corrected chi connectivity index (χ0v) is 19.1. The highest BCUT2D eigenvalue weighted by Gasteiger charge is 2.31. The zero-order valence-electron chi connectivity index (χ0n) is 16.7. The predicted octanol–water partition coefficient (Wildman–Crippen LogP) is 3.92. The Morgan fingerprint density at radius 3 is 2.52 bits per heavy atom. The molecule has 2 aromatic rings. The lowest BCUT2D eigenvalue weighted by molar-refractivity contribution is 0.0855. The van der Waals surface area contributed by atoms with E-state index in [0.29, 0.717) is 23.0 Å². The molecule has 154 valence electrons. The van der Waals surface area contributed by atoms with Crippen LogP contribution in [-0.4, -0.2) is 60.8 Å². The van der Waals surface area contributed by atoms with Crippen molar-refractivity contribution in [3.05, 3.63) is 54.1 Å². The first-order chi connectivity index (χ1) is 13.7. The second-order valence-corrected chi connectivity index (χ2v) is 11.2. The average Bonchev–Trinajstić information content (AvgIpc) is 3.07. The molecule has 0 saturated carbocycles. The molecule has 0 bridgehead atoms. The van der Waals surface area contributed by atoms with Crippen LogP contribution >= 0.6 is 23.5 Å². The van der Waals surface area contributed by atoms with E-state index in [1.165, 1.54) is 36.2 Å². The van der Waals surface area contributed by atoms with Gasteiger partial charge in [-0.05, 0) is 48.7 Å². The summed E-state index contributed by atoms with van der Waals surface area (Å²) in [4.78, 5) is 20.6. The minimum Gasteiger partial charge on any atom is -0.286 e. The number of nitrogens with zero attached hydrogens (tertiary/aromatic N) is 3. The third-order valence-electron chi connectivity index (χ3n) is 4.38. The van der Waals surface area contributed by atoms with Crippen LogP contribution in [0.15, 0.2) is 63.3 Å². The molecule has 1 aliphatic rings. The van der Waals surface area contributed by atoms with Crippen LogP contribution in [0.25, 0.3) is 0 Å². The van der Waals surface area contributed by atoms with Gasteiger partial charge in [0.05, 0.1) is 10.6 Å². The number of thioether (sulfide) groups is 2. The molecule has 0 radical (unpaired) electrons. The molecular weight excluding hydrogens is 426 g/mol. The van der Waals surface area contributed by atoms with Crippen LogP contribution in [0.2, 0.25) is 0 Å². The lowest BCUT2D eigenvalue weighted by atomic mass is 10.2. The van der Waals surface area contributed by atoms with Crippen LogP contribution in [0.5, 0.6) is 0 Å². The van der Waals surface area contributed by atoms with Crippen LogP contribution in [0.3, 0.4) is 0 Å². The second kappa shape index (κ2) is 8.91. The first-order valence-corrected chi connectivity index (χ1v) is 12.5. The van der Waals surface area contributed by atoms with E-state index in [1.54, 1.807) is 34.9 Å². The third-order valence-corrected chi connectivity index (χ3v) is 8.01. The fourth-order valence-corrected chi connectivity index (χ4v) is 5.17. The topological polar surface area (TPSA) is 70.0 Å². The molecule has 0 spiro atoms. The van der Waals surface area contributed by atoms with Crippen molar-refractivity contribution in [2.24, 2.45) is 4.99 Å². The number of carbonyl (C=O) groups excluding carboxylic acids is 1. The molecule has 1 unspecified atom stereocenters. The van der Waals surface area contributed by atoms with Gasteiger partial charge in [0.1, 0.15) is 0 Å². The van der Waals surface area contributed by atoms with Crippen LogP contribution in [0.4, 0.5) is 5.69 Å². The van der Waals surface area contributed by atoms with E-state index in [2.05, 4.69) is 4.99 Å². The second-order valence-electron chi connectivity index (χ2n) is 6.75. The van der Waals surface area contributed by atoms with E-state index in [-0.39, 0.29) is 16.1 Å². The van der Waals surface area contributed by atoms with Crippen molar-refractivity contribution >= 4 is 50.3 Å². The van der Waals surface area contributed by atoms with Crippen molar-refractivity contribution in [2.45, 2.75) is 22.0 Å². The number of amides is 1. The molecule has 2 aromatic carbocycles. The molecule has 0 aliphatic carbocycles. The van der Waals surface area contributed by atoms with Crippen LogP contribution < -0.4 is 0 Å². The monoisotopic (exact) mass is 449 g/mol. The van der Waals surface area contributed by atoms with Gasteiger partial charge in [-0.25, -0.2) is 17.7 Å². The van der Waals surface area contributed by atoms with E-state index < -0.39 is 10.0 Å². The summed E-state index contributed by atoms with van der Waals surface area (Å²) in [5, 5.41) is 0.785. The molecule has 1 amide bonds. The molecular formula is C20H23N3O3S3. The Bertz CT molecular complexity index is 1030. The maximum Gasteiger partial charge on any atom is 0.259 e. The maximum absolute atomic E-state index is 13.0. The number of hydrogen-bond acceptors (Lipinski definition) is 6. The van der Waals surface area contributed by atoms with Gasteiger partial charge in [-0.15, -0.1) is 11.8 Å². The van der Waals surface area contributed by atoms with Crippen molar-refractivity contribution in [1.82, 2.24) is 9.21 Å². The smallest absolute Gasteiger partial charge is 0.259 e. The molecule has 1 saturated heterocycles. The number of hydrogen-bond donors (Lipinski definition) is 0. The minimum absolute atomic E-state index is 0.106. The minimum atomic E-state index is -3.55. The molecule has 1 aliphatic heterocycles. The maximum atomic E-state index is 13.0. The Balaban J connectivity index is 1.92. The molecule has 6 nitrogen and oxygen atoms in total. The van der Waals surface area contributed by atoms with Crippen molar-refractivity contribution < 1.29 is 13.2 Å². The quantitative estimate of drug-likeness (QED) is 0.647. The highest BCUT2D eigenvalue weighted by Crippen LogP contribution is 2.30. The number of carbonyl (C=O) groups is 1. The van der Waals surface area contributed by atoms with Crippen molar-refractivity contribution in [3.63, 3.8) is 0 Å². The number of sulfonamides is 1. The van der Waals surface area contributed by atoms with E-state index in [9.17, 15) is 13.2 Å². The highest BCUT2D eigenvalue weighted by atomic mass is 32.2.